The van der Waals surface area contributed by atoms with Crippen molar-refractivity contribution in [1.82, 2.24) is 15.5 Å². The number of likely N-dealkylation sites (tertiary alicyclic amines) is 1. The average molecular weight is 482 g/mol. The molecule has 2 aromatic carbocycles. The van der Waals surface area contributed by atoms with Crippen molar-refractivity contribution >= 4 is 35.0 Å². The summed E-state index contributed by atoms with van der Waals surface area (Å²) in [6.07, 6.45) is -1.23. The predicted molar refractivity (Wildman–Crippen MR) is 123 cm³/mol. The summed E-state index contributed by atoms with van der Waals surface area (Å²) in [5, 5.41) is 15.6. The largest absolute Gasteiger partial charge is 0.386 e. The Kier molecular flexibility index (Phi) is 8.48. The van der Waals surface area contributed by atoms with Gasteiger partial charge in [-0.3, -0.25) is 14.5 Å². The van der Waals surface area contributed by atoms with Gasteiger partial charge in [-0.25, -0.2) is 4.39 Å². The molecule has 3 rings (SSSR count). The van der Waals surface area contributed by atoms with Crippen LogP contribution in [0.15, 0.2) is 48.5 Å². The maximum atomic E-state index is 13.3. The summed E-state index contributed by atoms with van der Waals surface area (Å²) in [5.74, 6) is -0.753. The number of nitrogens with zero attached hydrogens (tertiary/aromatic N) is 1. The predicted octanol–water partition coefficient (Wildman–Crippen LogP) is 2.97. The number of hydrogen-bond acceptors (Lipinski definition) is 4. The Hall–Kier alpha value is -2.19. The molecule has 0 aliphatic carbocycles. The number of rotatable bonds is 9. The number of aliphatic hydroxyl groups is 1. The second kappa shape index (κ2) is 11.1. The van der Waals surface area contributed by atoms with Crippen LogP contribution in [0.5, 0.6) is 0 Å². The van der Waals surface area contributed by atoms with E-state index in [0.717, 1.165) is 30.8 Å². The van der Waals surface area contributed by atoms with E-state index in [1.807, 2.05) is 24.3 Å². The van der Waals surface area contributed by atoms with Crippen LogP contribution in [0.25, 0.3) is 11.1 Å². The van der Waals surface area contributed by atoms with Crippen molar-refractivity contribution in [2.75, 3.05) is 19.8 Å². The van der Waals surface area contributed by atoms with Gasteiger partial charge >= 0.3 is 0 Å². The molecule has 9 heteroatoms. The quantitative estimate of drug-likeness (QED) is 0.481. The third kappa shape index (κ3) is 6.42. The number of halogens is 3. The number of alkyl halides is 3. The van der Waals surface area contributed by atoms with Gasteiger partial charge in [0.05, 0.1) is 12.1 Å². The lowest BCUT2D eigenvalue weighted by molar-refractivity contribution is -0.121. The summed E-state index contributed by atoms with van der Waals surface area (Å²) < 4.78 is 13.3. The summed E-state index contributed by atoms with van der Waals surface area (Å²) in [6.45, 7) is 3.09. The Morgan fingerprint density at radius 3 is 2.16 bits per heavy atom. The van der Waals surface area contributed by atoms with Crippen molar-refractivity contribution in [3.63, 3.8) is 0 Å². The Morgan fingerprint density at radius 2 is 1.66 bits per heavy atom. The summed E-state index contributed by atoms with van der Waals surface area (Å²) in [7, 11) is 0. The zero-order valence-electron chi connectivity index (χ0n) is 17.6. The molecule has 2 atom stereocenters. The average Bonchev–Trinajstić information content (AvgIpc) is 2.75. The van der Waals surface area contributed by atoms with Crippen LogP contribution in [-0.4, -0.2) is 58.5 Å². The SMILES string of the molecule is CC(=O)NC1CN(Cc2ccc(-c3ccc([C@H](O)[C@@H](CF)NC(=O)C(Cl)Cl)cc3)cc2)C1. The van der Waals surface area contributed by atoms with E-state index >= 15 is 0 Å². The number of carbonyl (C=O) groups excluding carboxylic acids is 2. The first-order chi connectivity index (χ1) is 15.3. The van der Waals surface area contributed by atoms with Crippen LogP contribution in [0, 0.1) is 0 Å². The van der Waals surface area contributed by atoms with Crippen molar-refractivity contribution in [2.45, 2.75) is 36.5 Å². The van der Waals surface area contributed by atoms with Gasteiger partial charge in [-0.05, 0) is 22.3 Å². The maximum Gasteiger partial charge on any atom is 0.253 e. The number of hydrogen-bond donors (Lipinski definition) is 3. The summed E-state index contributed by atoms with van der Waals surface area (Å²) >= 11 is 10.9. The van der Waals surface area contributed by atoms with Gasteiger partial charge in [0.1, 0.15) is 12.8 Å². The molecule has 1 aliphatic rings. The number of benzene rings is 2. The van der Waals surface area contributed by atoms with Gasteiger partial charge in [-0.15, -0.1) is 0 Å². The minimum atomic E-state index is -1.33. The zero-order valence-corrected chi connectivity index (χ0v) is 19.1. The monoisotopic (exact) mass is 481 g/mol. The topological polar surface area (TPSA) is 81.7 Å². The minimum Gasteiger partial charge on any atom is -0.386 e. The lowest BCUT2D eigenvalue weighted by Crippen LogP contribution is -2.58. The normalized spacial score (nSPS) is 16.3. The standard InChI is InChI=1S/C23H26Cl2FN3O3/c1-14(30)27-19-12-29(13-19)11-15-2-4-16(5-3-15)17-6-8-18(9-7-17)21(31)20(10-26)28-23(32)22(24)25/h2-9,19-22,31H,10-13H2,1H3,(H,27,30)(H,28,32)/t20-,21+/m1/s1. The van der Waals surface area contributed by atoms with Gasteiger partial charge in [0, 0.05) is 26.6 Å². The highest BCUT2D eigenvalue weighted by atomic mass is 35.5. The summed E-state index contributed by atoms with van der Waals surface area (Å²) in [5.41, 5.74) is 3.61. The highest BCUT2D eigenvalue weighted by molar-refractivity contribution is 6.53. The molecule has 2 amide bonds. The summed E-state index contributed by atoms with van der Waals surface area (Å²) in [6, 6.07) is 14.3. The minimum absolute atomic E-state index is 0.00154. The van der Waals surface area contributed by atoms with E-state index in [-0.39, 0.29) is 11.9 Å². The third-order valence-electron chi connectivity index (χ3n) is 5.38. The molecule has 0 spiro atoms. The lowest BCUT2D eigenvalue weighted by atomic mass is 9.98. The molecule has 0 bridgehead atoms. The van der Waals surface area contributed by atoms with Crippen molar-refractivity contribution < 1.29 is 19.1 Å². The van der Waals surface area contributed by atoms with Gasteiger partial charge in [-0.2, -0.15) is 0 Å². The zero-order chi connectivity index (χ0) is 23.3. The van der Waals surface area contributed by atoms with Crippen LogP contribution < -0.4 is 10.6 Å². The third-order valence-corrected chi connectivity index (χ3v) is 5.78. The molecule has 0 radical (unpaired) electrons. The van der Waals surface area contributed by atoms with Crippen molar-refractivity contribution in [3.8, 4) is 11.1 Å². The maximum absolute atomic E-state index is 13.3. The Labute approximate surface area is 196 Å². The molecule has 1 aliphatic heterocycles. The molecule has 172 valence electrons. The van der Waals surface area contributed by atoms with Gasteiger partial charge in [0.25, 0.3) is 5.91 Å². The molecule has 6 nitrogen and oxygen atoms in total. The van der Waals surface area contributed by atoms with E-state index in [9.17, 15) is 19.1 Å². The first-order valence-electron chi connectivity index (χ1n) is 10.3. The Morgan fingerprint density at radius 1 is 1.09 bits per heavy atom. The highest BCUT2D eigenvalue weighted by Crippen LogP contribution is 2.25. The van der Waals surface area contributed by atoms with Crippen LogP contribution >= 0.6 is 23.2 Å². The number of aliphatic hydroxyl groups excluding tert-OH is 1. The second-order valence-electron chi connectivity index (χ2n) is 7.93. The van der Waals surface area contributed by atoms with Gasteiger partial charge in [0.15, 0.2) is 4.84 Å². The fourth-order valence-electron chi connectivity index (χ4n) is 3.69. The van der Waals surface area contributed by atoms with Gasteiger partial charge in [-0.1, -0.05) is 71.7 Å². The van der Waals surface area contributed by atoms with Crippen LogP contribution in [0.1, 0.15) is 24.2 Å². The highest BCUT2D eigenvalue weighted by Gasteiger charge is 2.27. The Bertz CT molecular complexity index is 919. The van der Waals surface area contributed by atoms with E-state index in [4.69, 9.17) is 23.2 Å². The smallest absolute Gasteiger partial charge is 0.253 e. The van der Waals surface area contributed by atoms with Gasteiger partial charge in [0.2, 0.25) is 5.91 Å². The van der Waals surface area contributed by atoms with E-state index < -0.39 is 29.6 Å². The number of nitrogens with one attached hydrogen (secondary N) is 2. The molecular formula is C23H26Cl2FN3O3. The first kappa shape index (κ1) is 24.5. The molecule has 0 saturated carbocycles. The van der Waals surface area contributed by atoms with Crippen LogP contribution in [0.4, 0.5) is 4.39 Å². The van der Waals surface area contributed by atoms with E-state index in [0.29, 0.717) is 5.56 Å². The lowest BCUT2D eigenvalue weighted by Gasteiger charge is -2.39. The molecule has 2 aromatic rings. The van der Waals surface area contributed by atoms with Crippen LogP contribution in [0.2, 0.25) is 0 Å². The molecule has 0 unspecified atom stereocenters. The molecule has 0 aromatic heterocycles. The molecular weight excluding hydrogens is 456 g/mol. The van der Waals surface area contributed by atoms with Gasteiger partial charge < -0.3 is 15.7 Å². The number of amides is 2. The van der Waals surface area contributed by atoms with E-state index in [2.05, 4.69) is 27.7 Å². The second-order valence-corrected chi connectivity index (χ2v) is 9.02. The van der Waals surface area contributed by atoms with Crippen LogP contribution in [-0.2, 0) is 16.1 Å². The van der Waals surface area contributed by atoms with E-state index in [1.54, 1.807) is 12.1 Å². The molecule has 1 saturated heterocycles. The summed E-state index contributed by atoms with van der Waals surface area (Å²) in [4.78, 5) is 23.6. The first-order valence-corrected chi connectivity index (χ1v) is 11.2. The Balaban J connectivity index is 1.57. The molecule has 3 N–H and O–H groups in total. The van der Waals surface area contributed by atoms with Crippen molar-refractivity contribution in [1.29, 1.82) is 0 Å². The van der Waals surface area contributed by atoms with E-state index in [1.165, 1.54) is 12.5 Å². The fourth-order valence-corrected chi connectivity index (χ4v) is 3.82. The molecule has 1 heterocycles. The van der Waals surface area contributed by atoms with Crippen molar-refractivity contribution in [3.05, 3.63) is 59.7 Å². The van der Waals surface area contributed by atoms with Crippen molar-refractivity contribution in [2.24, 2.45) is 0 Å². The fraction of sp³-hybridized carbons (Fsp3) is 0.391. The molecule has 32 heavy (non-hydrogen) atoms. The number of carbonyl (C=O) groups is 2. The molecule has 1 fully saturated rings. The van der Waals surface area contributed by atoms with Crippen LogP contribution in [0.3, 0.4) is 0 Å².